The second-order valence-electron chi connectivity index (χ2n) is 4.12. The number of azide groups is 1. The molecule has 11 heteroatoms. The van der Waals surface area contributed by atoms with E-state index in [0.29, 0.717) is 12.0 Å². The van der Waals surface area contributed by atoms with Crippen LogP contribution in [0.3, 0.4) is 0 Å². The summed E-state index contributed by atoms with van der Waals surface area (Å²) in [6.07, 6.45) is 0.301. The number of carbonyl (C=O) groups excluding carboxylic acids is 2. The Morgan fingerprint density at radius 2 is 2.50 bits per heavy atom. The molecule has 0 aromatic heterocycles. The predicted molar refractivity (Wildman–Crippen MR) is 67.9 cm³/mol. The molecule has 2 rings (SSSR count). The Hall–Kier alpha value is -2.23. The Morgan fingerprint density at radius 1 is 1.80 bits per heavy atom. The number of carboxylic acids is 1. The number of amides is 2. The SMILES string of the molecule is [N-]=[N+]=NCC1=C(C(=O)O)N2C(=O)[C@](N)(NC=O)[C@H]2SC1. The first-order valence-electron chi connectivity index (χ1n) is 5.39. The van der Waals surface area contributed by atoms with Crippen molar-refractivity contribution in [2.75, 3.05) is 12.3 Å². The third-order valence-electron chi connectivity index (χ3n) is 3.01. The van der Waals surface area contributed by atoms with Crippen molar-refractivity contribution in [1.29, 1.82) is 0 Å². The van der Waals surface area contributed by atoms with Crippen LogP contribution in [0.1, 0.15) is 0 Å². The van der Waals surface area contributed by atoms with Crippen LogP contribution in [0.2, 0.25) is 0 Å². The van der Waals surface area contributed by atoms with Crippen LogP contribution in [-0.4, -0.2) is 51.6 Å². The average molecular weight is 298 g/mol. The Morgan fingerprint density at radius 3 is 3.05 bits per heavy atom. The molecular formula is C9H10N6O4S. The molecule has 1 saturated heterocycles. The van der Waals surface area contributed by atoms with E-state index in [1.54, 1.807) is 0 Å². The van der Waals surface area contributed by atoms with Gasteiger partial charge in [-0.1, -0.05) is 5.11 Å². The van der Waals surface area contributed by atoms with Crippen LogP contribution in [0.15, 0.2) is 16.4 Å². The summed E-state index contributed by atoms with van der Waals surface area (Å²) in [5.41, 5.74) is 12.6. The van der Waals surface area contributed by atoms with Gasteiger partial charge in [0.15, 0.2) is 0 Å². The molecule has 0 aliphatic carbocycles. The third-order valence-corrected chi connectivity index (χ3v) is 4.43. The van der Waals surface area contributed by atoms with E-state index in [2.05, 4.69) is 15.3 Å². The van der Waals surface area contributed by atoms with Crippen LogP contribution < -0.4 is 11.1 Å². The van der Waals surface area contributed by atoms with Gasteiger partial charge in [-0.15, -0.1) is 11.8 Å². The Kier molecular flexibility index (Phi) is 3.57. The summed E-state index contributed by atoms with van der Waals surface area (Å²) in [4.78, 5) is 37.4. The number of rotatable bonds is 5. The fourth-order valence-electron chi connectivity index (χ4n) is 2.11. The second kappa shape index (κ2) is 5.04. The second-order valence-corrected chi connectivity index (χ2v) is 5.18. The van der Waals surface area contributed by atoms with Crippen molar-refractivity contribution in [3.05, 3.63) is 21.7 Å². The Labute approximate surface area is 116 Å². The maximum absolute atomic E-state index is 12.0. The van der Waals surface area contributed by atoms with E-state index < -0.39 is 22.9 Å². The molecule has 1 fully saturated rings. The summed E-state index contributed by atoms with van der Waals surface area (Å²) in [6.45, 7) is -0.139. The van der Waals surface area contributed by atoms with Crippen molar-refractivity contribution in [3.8, 4) is 0 Å². The number of nitrogens with zero attached hydrogens (tertiary/aromatic N) is 4. The molecule has 2 aliphatic rings. The van der Waals surface area contributed by atoms with Gasteiger partial charge in [-0.3, -0.25) is 20.2 Å². The van der Waals surface area contributed by atoms with Gasteiger partial charge in [-0.25, -0.2) is 4.79 Å². The number of hydrogen-bond acceptors (Lipinski definition) is 6. The number of nitrogens with two attached hydrogens (primary N) is 1. The van der Waals surface area contributed by atoms with Crippen LogP contribution in [-0.2, 0) is 14.4 Å². The monoisotopic (exact) mass is 298 g/mol. The summed E-state index contributed by atoms with van der Waals surface area (Å²) in [6, 6.07) is 0. The quantitative estimate of drug-likeness (QED) is 0.146. The molecule has 20 heavy (non-hydrogen) atoms. The van der Waals surface area contributed by atoms with Gasteiger partial charge in [0.2, 0.25) is 12.1 Å². The number of nitrogens with one attached hydrogen (secondary N) is 1. The van der Waals surface area contributed by atoms with Crippen molar-refractivity contribution in [2.45, 2.75) is 11.0 Å². The predicted octanol–water partition coefficient (Wildman–Crippen LogP) is -1.05. The average Bonchev–Trinajstić information content (AvgIpc) is 2.43. The fraction of sp³-hybridized carbons (Fsp3) is 0.444. The molecule has 0 radical (unpaired) electrons. The molecule has 2 amide bonds. The van der Waals surface area contributed by atoms with Crippen LogP contribution in [0.25, 0.3) is 10.4 Å². The highest BCUT2D eigenvalue weighted by atomic mass is 32.2. The largest absolute Gasteiger partial charge is 0.477 e. The fourth-order valence-corrected chi connectivity index (χ4v) is 3.48. The standard InChI is InChI=1S/C9H10N6O4S/c10-9(12-3-16)7(19)15-5(6(17)18)4(1-13-14-11)2-20-8(9)15/h3,8H,1-2,10H2,(H,12,16)(H,17,18)/t8-,9+/m1/s1. The minimum Gasteiger partial charge on any atom is -0.477 e. The highest BCUT2D eigenvalue weighted by Crippen LogP contribution is 2.43. The van der Waals surface area contributed by atoms with Crippen molar-refractivity contribution in [3.63, 3.8) is 0 Å². The molecule has 0 aromatic carbocycles. The van der Waals surface area contributed by atoms with Gasteiger partial charge in [-0.2, -0.15) is 0 Å². The number of hydrogen-bond donors (Lipinski definition) is 3. The van der Waals surface area contributed by atoms with E-state index in [-0.39, 0.29) is 18.0 Å². The maximum atomic E-state index is 12.0. The van der Waals surface area contributed by atoms with Crippen molar-refractivity contribution in [2.24, 2.45) is 10.8 Å². The molecule has 0 aromatic rings. The van der Waals surface area contributed by atoms with Gasteiger partial charge < -0.3 is 10.4 Å². The van der Waals surface area contributed by atoms with E-state index in [1.807, 2.05) is 0 Å². The van der Waals surface area contributed by atoms with Crippen molar-refractivity contribution >= 4 is 30.0 Å². The van der Waals surface area contributed by atoms with E-state index in [1.165, 1.54) is 11.8 Å². The number of carboxylic acid groups (broad SMARTS) is 1. The summed E-state index contributed by atoms with van der Waals surface area (Å²) < 4.78 is 0. The molecule has 0 spiro atoms. The topological polar surface area (TPSA) is 161 Å². The van der Waals surface area contributed by atoms with Gasteiger partial charge in [0, 0.05) is 10.7 Å². The van der Waals surface area contributed by atoms with Crippen LogP contribution >= 0.6 is 11.8 Å². The molecule has 0 bridgehead atoms. The van der Waals surface area contributed by atoms with E-state index in [4.69, 9.17) is 11.3 Å². The first-order chi connectivity index (χ1) is 9.47. The molecule has 106 valence electrons. The number of carbonyl (C=O) groups is 3. The van der Waals surface area contributed by atoms with E-state index in [9.17, 15) is 19.5 Å². The van der Waals surface area contributed by atoms with Crippen LogP contribution in [0.5, 0.6) is 0 Å². The van der Waals surface area contributed by atoms with Crippen molar-refractivity contribution in [1.82, 2.24) is 10.2 Å². The zero-order valence-electron chi connectivity index (χ0n) is 10.0. The molecular weight excluding hydrogens is 288 g/mol. The van der Waals surface area contributed by atoms with Gasteiger partial charge in [-0.05, 0) is 11.1 Å². The van der Waals surface area contributed by atoms with Crippen LogP contribution in [0, 0.1) is 0 Å². The lowest BCUT2D eigenvalue weighted by Gasteiger charge is -2.54. The maximum Gasteiger partial charge on any atom is 0.352 e. The lowest BCUT2D eigenvalue weighted by atomic mass is 9.96. The van der Waals surface area contributed by atoms with Gasteiger partial charge in [0.1, 0.15) is 11.1 Å². The Bertz CT molecular complexity index is 571. The molecule has 4 N–H and O–H groups in total. The number of thioether (sulfide) groups is 1. The number of fused-ring (bicyclic) bond motifs is 1. The Balaban J connectivity index is 2.38. The number of β-lactam (4-membered cyclic amide) rings is 1. The normalized spacial score (nSPS) is 28.1. The summed E-state index contributed by atoms with van der Waals surface area (Å²) in [5, 5.41) is 14.1. The van der Waals surface area contributed by atoms with Crippen molar-refractivity contribution < 1.29 is 19.5 Å². The summed E-state index contributed by atoms with van der Waals surface area (Å²) >= 11 is 1.20. The molecule has 10 nitrogen and oxygen atoms in total. The van der Waals surface area contributed by atoms with Gasteiger partial charge in [0.25, 0.3) is 5.91 Å². The van der Waals surface area contributed by atoms with Crippen LogP contribution in [0.4, 0.5) is 0 Å². The zero-order chi connectivity index (χ0) is 14.9. The molecule has 0 unspecified atom stereocenters. The molecule has 2 atom stereocenters. The first-order valence-corrected chi connectivity index (χ1v) is 6.44. The highest BCUT2D eigenvalue weighted by Gasteiger charge is 2.62. The van der Waals surface area contributed by atoms with Gasteiger partial charge in [0.05, 0.1) is 6.54 Å². The molecule has 0 saturated carbocycles. The minimum atomic E-state index is -1.60. The summed E-state index contributed by atoms with van der Waals surface area (Å²) in [7, 11) is 0. The third kappa shape index (κ3) is 1.88. The number of aliphatic carboxylic acids is 1. The molecule has 2 heterocycles. The highest BCUT2D eigenvalue weighted by molar-refractivity contribution is 8.00. The zero-order valence-corrected chi connectivity index (χ0v) is 10.8. The van der Waals surface area contributed by atoms with E-state index >= 15 is 0 Å². The lowest BCUT2D eigenvalue weighted by molar-refractivity contribution is -0.157. The molecule has 2 aliphatic heterocycles. The lowest BCUT2D eigenvalue weighted by Crippen LogP contribution is -2.83. The summed E-state index contributed by atoms with van der Waals surface area (Å²) in [5.74, 6) is -1.77. The smallest absolute Gasteiger partial charge is 0.352 e. The minimum absolute atomic E-state index is 0.139. The first kappa shape index (κ1) is 14.2. The van der Waals surface area contributed by atoms with Gasteiger partial charge >= 0.3 is 5.97 Å². The van der Waals surface area contributed by atoms with E-state index in [0.717, 1.165) is 4.90 Å².